The minimum Gasteiger partial charge on any atom is -0.372 e. The van der Waals surface area contributed by atoms with E-state index >= 15 is 0 Å². The molecule has 0 spiro atoms. The fourth-order valence-corrected chi connectivity index (χ4v) is 4.39. The van der Waals surface area contributed by atoms with Crippen LogP contribution in [0.3, 0.4) is 0 Å². The first-order chi connectivity index (χ1) is 12.6. The highest BCUT2D eigenvalue weighted by atomic mass is 35.5. The summed E-state index contributed by atoms with van der Waals surface area (Å²) >= 11 is 8.83. The van der Waals surface area contributed by atoms with Crippen LogP contribution in [0.15, 0.2) is 41.6 Å². The molecule has 1 N–H and O–H groups in total. The van der Waals surface area contributed by atoms with Crippen molar-refractivity contribution in [2.75, 3.05) is 24.7 Å². The summed E-state index contributed by atoms with van der Waals surface area (Å²) in [6.07, 6.45) is 0. The zero-order valence-electron chi connectivity index (χ0n) is 14.5. The molecule has 2 aromatic heterocycles. The molecule has 1 aromatic carbocycles. The number of nitrogens with zero attached hydrogens (tertiary/aromatic N) is 3. The van der Waals surface area contributed by atoms with Gasteiger partial charge >= 0.3 is 0 Å². The molecule has 3 aromatic rings. The average Bonchev–Trinajstić information content (AvgIpc) is 3.08. The van der Waals surface area contributed by atoms with Gasteiger partial charge in [0.05, 0.1) is 22.2 Å². The number of rotatable bonds is 7. The lowest BCUT2D eigenvalue weighted by Gasteiger charge is -2.19. The normalized spacial score (nSPS) is 10.9. The largest absolute Gasteiger partial charge is 0.372 e. The number of thioether (sulfide) groups is 1. The van der Waals surface area contributed by atoms with Gasteiger partial charge in [-0.2, -0.15) is 0 Å². The number of halogens is 1. The van der Waals surface area contributed by atoms with Crippen LogP contribution in [0.25, 0.3) is 10.9 Å². The Balaban J connectivity index is 1.69. The van der Waals surface area contributed by atoms with E-state index in [0.29, 0.717) is 24.0 Å². The first-order valence-corrected chi connectivity index (χ1v) is 10.4. The van der Waals surface area contributed by atoms with E-state index in [1.54, 1.807) is 0 Å². The number of carbonyl (C=O) groups is 1. The molecule has 0 fully saturated rings. The molecule has 0 aliphatic rings. The first kappa shape index (κ1) is 18.9. The quantitative estimate of drug-likeness (QED) is 0.461. The number of aromatic nitrogens is 2. The fourth-order valence-electron chi connectivity index (χ4n) is 2.53. The second kappa shape index (κ2) is 8.70. The minimum atomic E-state index is 0.0600. The molecule has 0 aliphatic carbocycles. The van der Waals surface area contributed by atoms with Crippen LogP contribution in [0.2, 0.25) is 4.34 Å². The predicted octanol–water partition coefficient (Wildman–Crippen LogP) is 4.53. The fraction of sp³-hybridized carbons (Fsp3) is 0.278. The maximum Gasteiger partial charge on any atom is 0.233 e. The van der Waals surface area contributed by atoms with Crippen molar-refractivity contribution >= 4 is 57.3 Å². The van der Waals surface area contributed by atoms with E-state index in [2.05, 4.69) is 15.3 Å². The monoisotopic (exact) mass is 406 g/mol. The summed E-state index contributed by atoms with van der Waals surface area (Å²) < 4.78 is 0.738. The van der Waals surface area contributed by atoms with E-state index in [0.717, 1.165) is 25.9 Å². The number of hydrogen-bond donors (Lipinski definition) is 1. The lowest BCUT2D eigenvalue weighted by atomic mass is 10.2. The Morgan fingerprint density at radius 2 is 2.08 bits per heavy atom. The van der Waals surface area contributed by atoms with Gasteiger partial charge in [0.25, 0.3) is 0 Å². The van der Waals surface area contributed by atoms with Crippen molar-refractivity contribution in [3.8, 4) is 0 Å². The summed E-state index contributed by atoms with van der Waals surface area (Å²) in [6, 6.07) is 11.6. The average molecular weight is 407 g/mol. The van der Waals surface area contributed by atoms with Gasteiger partial charge in [-0.05, 0) is 31.2 Å². The molecule has 0 saturated carbocycles. The summed E-state index contributed by atoms with van der Waals surface area (Å²) in [5.41, 5.74) is 0.863. The van der Waals surface area contributed by atoms with E-state index in [4.69, 9.17) is 11.6 Å². The van der Waals surface area contributed by atoms with E-state index in [1.807, 2.05) is 55.3 Å². The van der Waals surface area contributed by atoms with Gasteiger partial charge in [0.1, 0.15) is 5.82 Å². The van der Waals surface area contributed by atoms with Crippen molar-refractivity contribution in [3.63, 3.8) is 0 Å². The van der Waals surface area contributed by atoms with Gasteiger partial charge in [0.2, 0.25) is 5.91 Å². The van der Waals surface area contributed by atoms with Gasteiger partial charge in [-0.25, -0.2) is 9.97 Å². The van der Waals surface area contributed by atoms with E-state index in [9.17, 15) is 4.79 Å². The molecular formula is C18H19ClN4OS2. The smallest absolute Gasteiger partial charge is 0.233 e. The molecule has 2 heterocycles. The topological polar surface area (TPSA) is 58.1 Å². The van der Waals surface area contributed by atoms with E-state index in [1.165, 1.54) is 23.1 Å². The van der Waals surface area contributed by atoms with Crippen molar-refractivity contribution in [1.29, 1.82) is 0 Å². The van der Waals surface area contributed by atoms with E-state index in [-0.39, 0.29) is 5.91 Å². The highest BCUT2D eigenvalue weighted by Gasteiger charge is 2.15. The number of fused-ring (bicyclic) bond motifs is 1. The summed E-state index contributed by atoms with van der Waals surface area (Å²) in [5, 5.41) is 4.66. The molecule has 1 amide bonds. The number of hydrogen-bond acceptors (Lipinski definition) is 6. The number of anilines is 1. The Bertz CT molecular complexity index is 915. The molecule has 0 unspecified atom stereocenters. The van der Waals surface area contributed by atoms with Crippen LogP contribution < -0.4 is 5.32 Å². The van der Waals surface area contributed by atoms with Crippen LogP contribution in [0.4, 0.5) is 5.82 Å². The SMILES string of the molecule is CCN(Cc1ccc(Cl)s1)C(=O)CSc1nc(NC)c2ccccc2n1. The Hall–Kier alpha value is -1.83. The molecule has 0 atom stereocenters. The maximum absolute atomic E-state index is 12.6. The zero-order chi connectivity index (χ0) is 18.5. The van der Waals surface area contributed by atoms with Crippen molar-refractivity contribution in [2.24, 2.45) is 0 Å². The van der Waals surface area contributed by atoms with Gasteiger partial charge < -0.3 is 10.2 Å². The summed E-state index contributed by atoms with van der Waals surface area (Å²) in [7, 11) is 1.83. The van der Waals surface area contributed by atoms with Crippen LogP contribution in [-0.4, -0.2) is 40.1 Å². The van der Waals surface area contributed by atoms with Gasteiger partial charge in [-0.3, -0.25) is 4.79 Å². The highest BCUT2D eigenvalue weighted by Crippen LogP contribution is 2.25. The van der Waals surface area contributed by atoms with Crippen molar-refractivity contribution in [2.45, 2.75) is 18.6 Å². The lowest BCUT2D eigenvalue weighted by molar-refractivity contribution is -0.128. The molecule has 0 radical (unpaired) electrons. The molecule has 0 bridgehead atoms. The molecule has 0 aliphatic heterocycles. The second-order valence-electron chi connectivity index (χ2n) is 5.52. The number of nitrogens with one attached hydrogen (secondary N) is 1. The number of amides is 1. The summed E-state index contributed by atoms with van der Waals surface area (Å²) in [6.45, 7) is 3.20. The predicted molar refractivity (Wildman–Crippen MR) is 110 cm³/mol. The molecule has 5 nitrogen and oxygen atoms in total. The van der Waals surface area contributed by atoms with Crippen LogP contribution in [-0.2, 0) is 11.3 Å². The summed E-state index contributed by atoms with van der Waals surface area (Å²) in [5.74, 6) is 1.13. The maximum atomic E-state index is 12.6. The van der Waals surface area contributed by atoms with Crippen LogP contribution in [0, 0.1) is 0 Å². The van der Waals surface area contributed by atoms with Gasteiger partial charge in [0.15, 0.2) is 5.16 Å². The van der Waals surface area contributed by atoms with Crippen LogP contribution in [0.5, 0.6) is 0 Å². The molecule has 26 heavy (non-hydrogen) atoms. The Morgan fingerprint density at radius 1 is 1.27 bits per heavy atom. The second-order valence-corrected chi connectivity index (χ2v) is 8.27. The van der Waals surface area contributed by atoms with Crippen molar-refractivity contribution < 1.29 is 4.79 Å². The Labute approximate surface area is 165 Å². The lowest BCUT2D eigenvalue weighted by Crippen LogP contribution is -2.31. The first-order valence-electron chi connectivity index (χ1n) is 8.20. The molecule has 136 valence electrons. The standard InChI is InChI=1S/C18H19ClN4OS2/c1-3-23(10-12-8-9-15(19)26-12)16(24)11-25-18-21-14-7-5-4-6-13(14)17(20-2)22-18/h4-9H,3,10-11H2,1-2H3,(H,20,21,22). The highest BCUT2D eigenvalue weighted by molar-refractivity contribution is 7.99. The van der Waals surface area contributed by atoms with Crippen molar-refractivity contribution in [1.82, 2.24) is 14.9 Å². The molecular weight excluding hydrogens is 388 g/mol. The Morgan fingerprint density at radius 3 is 2.77 bits per heavy atom. The summed E-state index contributed by atoms with van der Waals surface area (Å²) in [4.78, 5) is 24.5. The number of para-hydroxylation sites is 1. The minimum absolute atomic E-state index is 0.0600. The van der Waals surface area contributed by atoms with Gasteiger partial charge in [-0.1, -0.05) is 35.5 Å². The number of benzene rings is 1. The number of thiophene rings is 1. The van der Waals surface area contributed by atoms with Crippen LogP contribution in [0.1, 0.15) is 11.8 Å². The van der Waals surface area contributed by atoms with Gasteiger partial charge in [0, 0.05) is 23.9 Å². The zero-order valence-corrected chi connectivity index (χ0v) is 16.9. The molecule has 8 heteroatoms. The molecule has 3 rings (SSSR count). The third-order valence-electron chi connectivity index (χ3n) is 3.85. The number of carbonyl (C=O) groups excluding carboxylic acids is 1. The van der Waals surface area contributed by atoms with Crippen molar-refractivity contribution in [3.05, 3.63) is 45.6 Å². The third kappa shape index (κ3) is 4.47. The van der Waals surface area contributed by atoms with Gasteiger partial charge in [-0.15, -0.1) is 11.3 Å². The van der Waals surface area contributed by atoms with Crippen LogP contribution >= 0.6 is 34.7 Å². The Kier molecular flexibility index (Phi) is 6.34. The van der Waals surface area contributed by atoms with E-state index < -0.39 is 0 Å². The third-order valence-corrected chi connectivity index (χ3v) is 5.90. The molecule has 0 saturated heterocycles.